The van der Waals surface area contributed by atoms with Crippen LogP contribution < -0.4 is 24.3 Å². The van der Waals surface area contributed by atoms with Gasteiger partial charge in [-0.05, 0) is 42.7 Å². The molecule has 1 amide bonds. The Morgan fingerprint density at radius 2 is 1.61 bits per heavy atom. The largest absolute Gasteiger partial charge is 0.493 e. The molecule has 6 nitrogen and oxygen atoms in total. The van der Waals surface area contributed by atoms with E-state index in [4.69, 9.17) is 18.9 Å². The first-order valence-electron chi connectivity index (χ1n) is 9.38. The van der Waals surface area contributed by atoms with Gasteiger partial charge in [0.15, 0.2) is 17.6 Å². The van der Waals surface area contributed by atoms with Crippen molar-refractivity contribution in [3.8, 4) is 23.0 Å². The predicted molar refractivity (Wildman–Crippen MR) is 108 cm³/mol. The zero-order chi connectivity index (χ0) is 20.5. The fourth-order valence-electron chi connectivity index (χ4n) is 2.89. The number of methoxy groups -OCH3 is 3. The maximum Gasteiger partial charge on any atom is 0.261 e. The van der Waals surface area contributed by atoms with E-state index in [0.29, 0.717) is 29.4 Å². The number of nitrogens with one attached hydrogen (secondary N) is 1. The first-order valence-corrected chi connectivity index (χ1v) is 9.38. The van der Waals surface area contributed by atoms with Crippen LogP contribution in [-0.4, -0.2) is 33.3 Å². The van der Waals surface area contributed by atoms with E-state index in [9.17, 15) is 4.79 Å². The van der Waals surface area contributed by atoms with Crippen LogP contribution in [0.2, 0.25) is 0 Å². The highest BCUT2D eigenvalue weighted by molar-refractivity contribution is 5.81. The number of carbonyl (C=O) groups excluding carboxylic acids is 1. The van der Waals surface area contributed by atoms with Crippen LogP contribution in [0.1, 0.15) is 31.4 Å². The van der Waals surface area contributed by atoms with Gasteiger partial charge in [-0.2, -0.15) is 0 Å². The summed E-state index contributed by atoms with van der Waals surface area (Å²) in [6.45, 7) is 4.30. The first kappa shape index (κ1) is 21.4. The molecule has 0 saturated heterocycles. The van der Waals surface area contributed by atoms with Crippen LogP contribution in [0.3, 0.4) is 0 Å². The lowest BCUT2D eigenvalue weighted by Crippen LogP contribution is -2.37. The number of hydrogen-bond acceptors (Lipinski definition) is 5. The second-order valence-corrected chi connectivity index (χ2v) is 6.22. The van der Waals surface area contributed by atoms with Gasteiger partial charge in [0.25, 0.3) is 5.91 Å². The van der Waals surface area contributed by atoms with Gasteiger partial charge in [-0.25, -0.2) is 0 Å². The molecule has 1 atom stereocenters. The second kappa shape index (κ2) is 10.4. The summed E-state index contributed by atoms with van der Waals surface area (Å²) in [5, 5.41) is 2.92. The smallest absolute Gasteiger partial charge is 0.261 e. The van der Waals surface area contributed by atoms with Gasteiger partial charge < -0.3 is 24.3 Å². The standard InChI is InChI=1S/C22H29NO5/c1-6-15-8-11-17(12-9-15)28-18(7-2)22(24)23-14-16-10-13-19(25-3)21(27-5)20(16)26-4/h8-13,18H,6-7,14H2,1-5H3,(H,23,24)/t18-/m1/s1. The molecule has 0 aliphatic carbocycles. The van der Waals surface area contributed by atoms with Gasteiger partial charge >= 0.3 is 0 Å². The lowest BCUT2D eigenvalue weighted by Gasteiger charge is -2.19. The van der Waals surface area contributed by atoms with E-state index >= 15 is 0 Å². The average Bonchev–Trinajstić information content (AvgIpc) is 2.75. The number of rotatable bonds is 10. The molecule has 0 unspecified atom stereocenters. The molecule has 0 heterocycles. The Bertz CT molecular complexity index is 773. The number of benzene rings is 2. The van der Waals surface area contributed by atoms with Crippen LogP contribution >= 0.6 is 0 Å². The SMILES string of the molecule is CCc1ccc(O[C@H](CC)C(=O)NCc2ccc(OC)c(OC)c2OC)cc1. The van der Waals surface area contributed by atoms with Crippen LogP contribution in [0, 0.1) is 0 Å². The number of aryl methyl sites for hydroxylation is 1. The van der Waals surface area contributed by atoms with Crippen molar-refractivity contribution in [3.63, 3.8) is 0 Å². The highest BCUT2D eigenvalue weighted by Crippen LogP contribution is 2.39. The minimum absolute atomic E-state index is 0.182. The number of amides is 1. The van der Waals surface area contributed by atoms with Crippen LogP contribution in [0.25, 0.3) is 0 Å². The molecule has 2 aromatic rings. The van der Waals surface area contributed by atoms with Crippen molar-refractivity contribution in [2.45, 2.75) is 39.3 Å². The van der Waals surface area contributed by atoms with Gasteiger partial charge in [0.05, 0.1) is 21.3 Å². The molecule has 0 saturated carbocycles. The molecule has 6 heteroatoms. The Hall–Kier alpha value is -2.89. The summed E-state index contributed by atoms with van der Waals surface area (Å²) >= 11 is 0. The number of ether oxygens (including phenoxy) is 4. The van der Waals surface area contributed by atoms with E-state index in [1.165, 1.54) is 5.56 Å². The van der Waals surface area contributed by atoms with Crippen molar-refractivity contribution >= 4 is 5.91 Å². The molecular weight excluding hydrogens is 358 g/mol. The fourth-order valence-corrected chi connectivity index (χ4v) is 2.89. The van der Waals surface area contributed by atoms with Crippen LogP contribution in [0.15, 0.2) is 36.4 Å². The lowest BCUT2D eigenvalue weighted by atomic mass is 10.1. The third kappa shape index (κ3) is 5.09. The molecular formula is C22H29NO5. The highest BCUT2D eigenvalue weighted by Gasteiger charge is 2.20. The molecule has 152 valence electrons. The Balaban J connectivity index is 2.06. The van der Waals surface area contributed by atoms with Crippen molar-refractivity contribution in [3.05, 3.63) is 47.5 Å². The maximum absolute atomic E-state index is 12.6. The topological polar surface area (TPSA) is 66.0 Å². The van der Waals surface area contributed by atoms with Gasteiger partial charge in [0.1, 0.15) is 5.75 Å². The fraction of sp³-hybridized carbons (Fsp3) is 0.409. The molecule has 0 spiro atoms. The molecule has 0 aliphatic heterocycles. The second-order valence-electron chi connectivity index (χ2n) is 6.22. The monoisotopic (exact) mass is 387 g/mol. The van der Waals surface area contributed by atoms with Crippen LogP contribution in [-0.2, 0) is 17.8 Å². The van der Waals surface area contributed by atoms with Crippen molar-refractivity contribution in [2.75, 3.05) is 21.3 Å². The number of carbonyl (C=O) groups is 1. The summed E-state index contributed by atoms with van der Waals surface area (Å²) < 4.78 is 22.0. The normalized spacial score (nSPS) is 11.5. The van der Waals surface area contributed by atoms with Gasteiger partial charge in [0, 0.05) is 12.1 Å². The highest BCUT2D eigenvalue weighted by atomic mass is 16.5. The van der Waals surface area contributed by atoms with Crippen LogP contribution in [0.4, 0.5) is 0 Å². The Kier molecular flexibility index (Phi) is 7.99. The van der Waals surface area contributed by atoms with E-state index in [2.05, 4.69) is 12.2 Å². The lowest BCUT2D eigenvalue weighted by molar-refractivity contribution is -0.128. The maximum atomic E-state index is 12.6. The minimum Gasteiger partial charge on any atom is -0.493 e. The molecule has 2 rings (SSSR count). The Labute approximate surface area is 166 Å². The Morgan fingerprint density at radius 1 is 0.929 bits per heavy atom. The molecule has 0 fully saturated rings. The zero-order valence-corrected chi connectivity index (χ0v) is 17.2. The third-order valence-electron chi connectivity index (χ3n) is 4.51. The molecule has 0 aliphatic rings. The summed E-state index contributed by atoms with van der Waals surface area (Å²) in [6.07, 6.45) is 0.953. The van der Waals surface area contributed by atoms with Crippen molar-refractivity contribution < 1.29 is 23.7 Å². The quantitative estimate of drug-likeness (QED) is 0.673. The van der Waals surface area contributed by atoms with Gasteiger partial charge in [-0.1, -0.05) is 26.0 Å². The summed E-state index contributed by atoms with van der Waals surface area (Å²) in [6, 6.07) is 11.4. The molecule has 0 radical (unpaired) electrons. The van der Waals surface area contributed by atoms with Gasteiger partial charge in [0.2, 0.25) is 5.75 Å². The molecule has 1 N–H and O–H groups in total. The van der Waals surface area contributed by atoms with Gasteiger partial charge in [-0.15, -0.1) is 0 Å². The Morgan fingerprint density at radius 3 is 2.14 bits per heavy atom. The molecule has 28 heavy (non-hydrogen) atoms. The van der Waals surface area contributed by atoms with E-state index in [-0.39, 0.29) is 12.5 Å². The average molecular weight is 387 g/mol. The van der Waals surface area contributed by atoms with Crippen molar-refractivity contribution in [2.24, 2.45) is 0 Å². The molecule has 0 aromatic heterocycles. The molecule has 0 bridgehead atoms. The van der Waals surface area contributed by atoms with E-state index in [1.807, 2.05) is 37.3 Å². The number of hydrogen-bond donors (Lipinski definition) is 1. The third-order valence-corrected chi connectivity index (χ3v) is 4.51. The predicted octanol–water partition coefficient (Wildman–Crippen LogP) is 3.75. The zero-order valence-electron chi connectivity index (χ0n) is 17.2. The summed E-state index contributed by atoms with van der Waals surface area (Å²) in [5.74, 6) is 2.10. The summed E-state index contributed by atoms with van der Waals surface area (Å²) in [7, 11) is 4.67. The molecule has 2 aromatic carbocycles. The minimum atomic E-state index is -0.571. The van der Waals surface area contributed by atoms with Gasteiger partial charge in [-0.3, -0.25) is 4.79 Å². The van der Waals surface area contributed by atoms with E-state index < -0.39 is 6.10 Å². The van der Waals surface area contributed by atoms with Crippen LogP contribution in [0.5, 0.6) is 23.0 Å². The summed E-state index contributed by atoms with van der Waals surface area (Å²) in [5.41, 5.74) is 2.01. The van der Waals surface area contributed by atoms with Crippen molar-refractivity contribution in [1.82, 2.24) is 5.32 Å². The summed E-state index contributed by atoms with van der Waals surface area (Å²) in [4.78, 5) is 12.6. The van der Waals surface area contributed by atoms with Crippen molar-refractivity contribution in [1.29, 1.82) is 0 Å². The first-order chi connectivity index (χ1) is 13.6. The van der Waals surface area contributed by atoms with E-state index in [0.717, 1.165) is 12.0 Å². The van der Waals surface area contributed by atoms with E-state index in [1.54, 1.807) is 27.4 Å².